The molecule has 2 aromatic carbocycles. The Bertz CT molecular complexity index is 501. The highest BCUT2D eigenvalue weighted by molar-refractivity contribution is 5.60. The first kappa shape index (κ1) is 12.7. The van der Waals surface area contributed by atoms with Crippen LogP contribution in [0.2, 0.25) is 0 Å². The number of hydrogen-bond donors (Lipinski definition) is 1. The average molecular weight is 239 g/mol. The van der Waals surface area contributed by atoms with E-state index in [1.807, 2.05) is 0 Å². The smallest absolute Gasteiger partial charge is 0.0384 e. The molecule has 0 saturated carbocycles. The largest absolute Gasteiger partial charge is 0.356 e. The lowest BCUT2D eigenvalue weighted by Gasteiger charge is -2.19. The molecule has 1 N–H and O–H groups in total. The quantitative estimate of drug-likeness (QED) is 0.774. The van der Waals surface area contributed by atoms with E-state index in [-0.39, 0.29) is 5.41 Å². The molecule has 0 unspecified atom stereocenters. The van der Waals surface area contributed by atoms with Gasteiger partial charge < -0.3 is 5.32 Å². The Morgan fingerprint density at radius 1 is 0.722 bits per heavy atom. The molecule has 0 fully saturated rings. The highest BCUT2D eigenvalue weighted by Gasteiger charge is 2.12. The third kappa shape index (κ3) is 3.13. The molecule has 1 nitrogen and oxygen atoms in total. The summed E-state index contributed by atoms with van der Waals surface area (Å²) in [5.74, 6) is 0. The summed E-state index contributed by atoms with van der Waals surface area (Å²) in [6.07, 6.45) is 0. The molecular weight excluding hydrogens is 218 g/mol. The molecule has 2 rings (SSSR count). The van der Waals surface area contributed by atoms with E-state index in [4.69, 9.17) is 0 Å². The van der Waals surface area contributed by atoms with Crippen LogP contribution in [0.15, 0.2) is 48.5 Å². The second-order valence-corrected chi connectivity index (χ2v) is 5.82. The second-order valence-electron chi connectivity index (χ2n) is 5.82. The van der Waals surface area contributed by atoms with Gasteiger partial charge in [-0.05, 0) is 42.2 Å². The van der Waals surface area contributed by atoms with Crippen LogP contribution in [0.5, 0.6) is 0 Å². The van der Waals surface area contributed by atoms with Gasteiger partial charge in [0.1, 0.15) is 0 Å². The molecule has 94 valence electrons. The lowest BCUT2D eigenvalue weighted by atomic mass is 9.87. The molecule has 1 heteroatoms. The Balaban J connectivity index is 2.13. The van der Waals surface area contributed by atoms with E-state index < -0.39 is 0 Å². The molecule has 18 heavy (non-hydrogen) atoms. The zero-order chi connectivity index (χ0) is 13.2. The number of anilines is 2. The van der Waals surface area contributed by atoms with Gasteiger partial charge in [0.15, 0.2) is 0 Å². The number of nitrogens with one attached hydrogen (secondary N) is 1. The van der Waals surface area contributed by atoms with Gasteiger partial charge in [0.05, 0.1) is 0 Å². The van der Waals surface area contributed by atoms with E-state index >= 15 is 0 Å². The van der Waals surface area contributed by atoms with Gasteiger partial charge in [0.2, 0.25) is 0 Å². The first-order valence-corrected chi connectivity index (χ1v) is 6.39. The van der Waals surface area contributed by atoms with Crippen LogP contribution in [-0.2, 0) is 5.41 Å². The molecule has 0 atom stereocenters. The third-order valence-corrected chi connectivity index (χ3v) is 3.09. The van der Waals surface area contributed by atoms with Gasteiger partial charge in [-0.1, -0.05) is 50.6 Å². The Hall–Kier alpha value is -1.76. The van der Waals surface area contributed by atoms with Crippen LogP contribution in [0.3, 0.4) is 0 Å². The highest BCUT2D eigenvalue weighted by atomic mass is 14.9. The fourth-order valence-corrected chi connectivity index (χ4v) is 1.86. The summed E-state index contributed by atoms with van der Waals surface area (Å²) in [6, 6.07) is 17.1. The SMILES string of the molecule is Cc1ccc(Nc2ccc(C(C)(C)C)cc2)cc1. The highest BCUT2D eigenvalue weighted by Crippen LogP contribution is 2.24. The van der Waals surface area contributed by atoms with E-state index in [0.717, 1.165) is 11.4 Å². The summed E-state index contributed by atoms with van der Waals surface area (Å²) in [5.41, 5.74) is 5.11. The predicted molar refractivity (Wildman–Crippen MR) is 79.6 cm³/mol. The summed E-state index contributed by atoms with van der Waals surface area (Å²) in [5, 5.41) is 3.41. The van der Waals surface area contributed by atoms with Crippen molar-refractivity contribution in [3.05, 3.63) is 59.7 Å². The van der Waals surface area contributed by atoms with Crippen LogP contribution in [0.4, 0.5) is 11.4 Å². The van der Waals surface area contributed by atoms with Gasteiger partial charge in [-0.25, -0.2) is 0 Å². The number of benzene rings is 2. The zero-order valence-corrected chi connectivity index (χ0v) is 11.6. The average Bonchev–Trinajstić information content (AvgIpc) is 2.32. The molecule has 0 radical (unpaired) electrons. The van der Waals surface area contributed by atoms with Crippen molar-refractivity contribution in [2.45, 2.75) is 33.1 Å². The molecule has 0 aliphatic heterocycles. The molecule has 0 saturated heterocycles. The summed E-state index contributed by atoms with van der Waals surface area (Å²) in [6.45, 7) is 8.79. The summed E-state index contributed by atoms with van der Waals surface area (Å²) < 4.78 is 0. The number of hydrogen-bond acceptors (Lipinski definition) is 1. The topological polar surface area (TPSA) is 12.0 Å². The van der Waals surface area contributed by atoms with Crippen molar-refractivity contribution in [3.63, 3.8) is 0 Å². The Morgan fingerprint density at radius 3 is 1.61 bits per heavy atom. The lowest BCUT2D eigenvalue weighted by Crippen LogP contribution is -2.10. The number of rotatable bonds is 2. The maximum absolute atomic E-state index is 3.41. The van der Waals surface area contributed by atoms with E-state index in [1.165, 1.54) is 11.1 Å². The molecule has 0 spiro atoms. The Kier molecular flexibility index (Phi) is 3.42. The fourth-order valence-electron chi connectivity index (χ4n) is 1.86. The Morgan fingerprint density at radius 2 is 1.17 bits per heavy atom. The van der Waals surface area contributed by atoms with E-state index in [9.17, 15) is 0 Å². The molecule has 0 amide bonds. The minimum atomic E-state index is 0.211. The first-order chi connectivity index (χ1) is 8.45. The van der Waals surface area contributed by atoms with E-state index in [1.54, 1.807) is 0 Å². The summed E-state index contributed by atoms with van der Waals surface area (Å²) in [4.78, 5) is 0. The van der Waals surface area contributed by atoms with Gasteiger partial charge in [-0.2, -0.15) is 0 Å². The van der Waals surface area contributed by atoms with Crippen molar-refractivity contribution in [2.75, 3.05) is 5.32 Å². The van der Waals surface area contributed by atoms with E-state index in [0.29, 0.717) is 0 Å². The molecule has 0 aromatic heterocycles. The number of aryl methyl sites for hydroxylation is 1. The van der Waals surface area contributed by atoms with Crippen molar-refractivity contribution < 1.29 is 0 Å². The molecular formula is C17H21N. The van der Waals surface area contributed by atoms with Crippen LogP contribution < -0.4 is 5.32 Å². The van der Waals surface area contributed by atoms with Gasteiger partial charge >= 0.3 is 0 Å². The van der Waals surface area contributed by atoms with Crippen LogP contribution >= 0.6 is 0 Å². The molecule has 0 bridgehead atoms. The van der Waals surface area contributed by atoms with Crippen LogP contribution in [0, 0.1) is 6.92 Å². The van der Waals surface area contributed by atoms with Crippen molar-refractivity contribution in [3.8, 4) is 0 Å². The molecule has 0 heterocycles. The van der Waals surface area contributed by atoms with Gasteiger partial charge in [0, 0.05) is 11.4 Å². The minimum absolute atomic E-state index is 0.211. The third-order valence-electron chi connectivity index (χ3n) is 3.09. The maximum Gasteiger partial charge on any atom is 0.0384 e. The van der Waals surface area contributed by atoms with Crippen LogP contribution in [0.25, 0.3) is 0 Å². The van der Waals surface area contributed by atoms with Crippen molar-refractivity contribution in [1.29, 1.82) is 0 Å². The Labute approximate surface area is 110 Å². The normalized spacial score (nSPS) is 11.3. The van der Waals surface area contributed by atoms with E-state index in [2.05, 4.69) is 81.5 Å². The lowest BCUT2D eigenvalue weighted by molar-refractivity contribution is 0.590. The van der Waals surface area contributed by atoms with Crippen LogP contribution in [0.1, 0.15) is 31.9 Å². The minimum Gasteiger partial charge on any atom is -0.356 e. The van der Waals surface area contributed by atoms with Gasteiger partial charge in [0.25, 0.3) is 0 Å². The standard InChI is InChI=1S/C17H21N/c1-13-5-9-15(10-6-13)18-16-11-7-14(8-12-16)17(2,3)4/h5-12,18H,1-4H3. The van der Waals surface area contributed by atoms with Gasteiger partial charge in [-0.15, -0.1) is 0 Å². The summed E-state index contributed by atoms with van der Waals surface area (Å²) >= 11 is 0. The van der Waals surface area contributed by atoms with Crippen LogP contribution in [-0.4, -0.2) is 0 Å². The second kappa shape index (κ2) is 4.85. The molecule has 0 aliphatic carbocycles. The maximum atomic E-state index is 3.41. The molecule has 0 aliphatic rings. The van der Waals surface area contributed by atoms with Crippen molar-refractivity contribution in [2.24, 2.45) is 0 Å². The molecule has 2 aromatic rings. The monoisotopic (exact) mass is 239 g/mol. The predicted octanol–water partition coefficient (Wildman–Crippen LogP) is 5.04. The fraction of sp³-hybridized carbons (Fsp3) is 0.294. The van der Waals surface area contributed by atoms with Crippen molar-refractivity contribution in [1.82, 2.24) is 0 Å². The van der Waals surface area contributed by atoms with Crippen molar-refractivity contribution >= 4 is 11.4 Å². The zero-order valence-electron chi connectivity index (χ0n) is 11.6. The summed E-state index contributed by atoms with van der Waals surface area (Å²) in [7, 11) is 0. The van der Waals surface area contributed by atoms with Gasteiger partial charge in [-0.3, -0.25) is 0 Å². The first-order valence-electron chi connectivity index (χ1n) is 6.39.